The normalized spacial score (nSPS) is 21.7. The molecule has 0 unspecified atom stereocenters. The monoisotopic (exact) mass is 363 g/mol. The van der Waals surface area contributed by atoms with Gasteiger partial charge in [0.15, 0.2) is 0 Å². The first-order valence-corrected chi connectivity index (χ1v) is 9.37. The maximum absolute atomic E-state index is 12.4. The summed E-state index contributed by atoms with van der Waals surface area (Å²) in [5.41, 5.74) is 5.80. The molecular formula is C16H30ClN3O2S. The van der Waals surface area contributed by atoms with E-state index in [9.17, 15) is 9.59 Å². The lowest BCUT2D eigenvalue weighted by molar-refractivity contribution is -0.133. The van der Waals surface area contributed by atoms with E-state index in [1.54, 1.807) is 0 Å². The molecule has 1 heterocycles. The Hall–Kier alpha value is -0.460. The van der Waals surface area contributed by atoms with Crippen molar-refractivity contribution >= 4 is 36.0 Å². The van der Waals surface area contributed by atoms with Crippen LogP contribution in [0, 0.1) is 5.92 Å². The Morgan fingerprint density at radius 1 is 1.26 bits per heavy atom. The largest absolute Gasteiger partial charge is 0.346 e. The van der Waals surface area contributed by atoms with Crippen molar-refractivity contribution in [3.05, 3.63) is 0 Å². The van der Waals surface area contributed by atoms with Crippen LogP contribution in [0.4, 0.5) is 0 Å². The molecular weight excluding hydrogens is 334 g/mol. The number of carbonyl (C=O) groups is 2. The van der Waals surface area contributed by atoms with Crippen molar-refractivity contribution in [3.63, 3.8) is 0 Å². The Morgan fingerprint density at radius 2 is 1.91 bits per heavy atom. The molecule has 134 valence electrons. The van der Waals surface area contributed by atoms with E-state index in [4.69, 9.17) is 5.73 Å². The minimum Gasteiger partial charge on any atom is -0.346 e. The van der Waals surface area contributed by atoms with Gasteiger partial charge in [-0.3, -0.25) is 9.59 Å². The van der Waals surface area contributed by atoms with Crippen LogP contribution in [-0.2, 0) is 9.59 Å². The molecule has 1 spiro atoms. The zero-order valence-electron chi connectivity index (χ0n) is 14.2. The number of carbonyl (C=O) groups excluding carboxylic acids is 2. The number of amides is 2. The fraction of sp³-hybridized carbons (Fsp3) is 0.875. The second-order valence-corrected chi connectivity index (χ2v) is 8.46. The number of nitrogens with one attached hydrogen (secondary N) is 1. The lowest BCUT2D eigenvalue weighted by Crippen LogP contribution is -2.53. The van der Waals surface area contributed by atoms with Gasteiger partial charge >= 0.3 is 0 Å². The Morgan fingerprint density at radius 3 is 2.52 bits per heavy atom. The molecule has 2 rings (SSSR count). The molecule has 7 heteroatoms. The van der Waals surface area contributed by atoms with Crippen molar-refractivity contribution in [2.45, 2.75) is 56.7 Å². The van der Waals surface area contributed by atoms with Crippen molar-refractivity contribution in [3.8, 4) is 0 Å². The van der Waals surface area contributed by atoms with Gasteiger partial charge in [-0.05, 0) is 18.8 Å². The van der Waals surface area contributed by atoms with Gasteiger partial charge in [-0.2, -0.15) is 11.8 Å². The van der Waals surface area contributed by atoms with Crippen LogP contribution in [0.3, 0.4) is 0 Å². The summed E-state index contributed by atoms with van der Waals surface area (Å²) in [6.45, 7) is 5.50. The third kappa shape index (κ3) is 5.54. The summed E-state index contributed by atoms with van der Waals surface area (Å²) < 4.78 is 0.268. The van der Waals surface area contributed by atoms with E-state index in [-0.39, 0.29) is 41.4 Å². The van der Waals surface area contributed by atoms with Crippen LogP contribution < -0.4 is 11.1 Å². The predicted octanol–water partition coefficient (Wildman–Crippen LogP) is 1.79. The molecule has 0 radical (unpaired) electrons. The molecule has 1 aliphatic heterocycles. The van der Waals surface area contributed by atoms with Crippen molar-refractivity contribution in [2.75, 3.05) is 25.4 Å². The molecule has 2 amide bonds. The van der Waals surface area contributed by atoms with Crippen LogP contribution in [0.25, 0.3) is 0 Å². The highest BCUT2D eigenvalue weighted by molar-refractivity contribution is 8.00. The molecule has 1 aliphatic carbocycles. The Balaban J connectivity index is 0.00000264. The summed E-state index contributed by atoms with van der Waals surface area (Å²) in [6.07, 6.45) is 6.29. The average molecular weight is 364 g/mol. The maximum Gasteiger partial charge on any atom is 0.242 e. The molecule has 1 atom stereocenters. The molecule has 0 aromatic rings. The van der Waals surface area contributed by atoms with Crippen molar-refractivity contribution in [2.24, 2.45) is 11.7 Å². The summed E-state index contributed by atoms with van der Waals surface area (Å²) in [4.78, 5) is 26.2. The fourth-order valence-electron chi connectivity index (χ4n) is 3.25. The number of nitrogens with zero attached hydrogens (tertiary/aromatic N) is 1. The number of rotatable bonds is 4. The van der Waals surface area contributed by atoms with E-state index in [0.717, 1.165) is 18.8 Å². The van der Waals surface area contributed by atoms with Gasteiger partial charge in [0.25, 0.3) is 0 Å². The van der Waals surface area contributed by atoms with Crippen molar-refractivity contribution < 1.29 is 9.59 Å². The molecule has 0 aromatic heterocycles. The fourth-order valence-corrected chi connectivity index (χ4v) is 4.82. The third-order valence-corrected chi connectivity index (χ3v) is 6.34. The van der Waals surface area contributed by atoms with E-state index in [1.807, 2.05) is 30.5 Å². The van der Waals surface area contributed by atoms with Gasteiger partial charge in [0.05, 0.1) is 12.6 Å². The predicted molar refractivity (Wildman–Crippen MR) is 97.9 cm³/mol. The van der Waals surface area contributed by atoms with Gasteiger partial charge in [-0.25, -0.2) is 0 Å². The second-order valence-electron chi connectivity index (χ2n) is 6.90. The lowest BCUT2D eigenvalue weighted by atomic mass is 9.87. The van der Waals surface area contributed by atoms with Gasteiger partial charge in [-0.1, -0.05) is 33.1 Å². The highest BCUT2D eigenvalue weighted by Gasteiger charge is 2.38. The van der Waals surface area contributed by atoms with Gasteiger partial charge in [-0.15, -0.1) is 12.4 Å². The number of halogens is 1. The molecule has 3 N–H and O–H groups in total. The summed E-state index contributed by atoms with van der Waals surface area (Å²) in [5, 5.41) is 2.69. The minimum atomic E-state index is -0.547. The smallest absolute Gasteiger partial charge is 0.242 e. The topological polar surface area (TPSA) is 75.4 Å². The van der Waals surface area contributed by atoms with Crippen LogP contribution in [0.15, 0.2) is 0 Å². The zero-order valence-corrected chi connectivity index (χ0v) is 15.8. The van der Waals surface area contributed by atoms with Gasteiger partial charge in [0, 0.05) is 23.6 Å². The van der Waals surface area contributed by atoms with Crippen LogP contribution in [0.2, 0.25) is 0 Å². The molecule has 0 aromatic carbocycles. The third-order valence-electron chi connectivity index (χ3n) is 4.80. The Kier molecular flexibility index (Phi) is 8.18. The van der Waals surface area contributed by atoms with Crippen molar-refractivity contribution in [1.29, 1.82) is 0 Å². The first kappa shape index (κ1) is 20.6. The number of hydrogen-bond acceptors (Lipinski definition) is 4. The number of thioether (sulfide) groups is 1. The Labute approximate surface area is 149 Å². The van der Waals surface area contributed by atoms with E-state index >= 15 is 0 Å². The van der Waals surface area contributed by atoms with Crippen LogP contribution in [-0.4, -0.2) is 52.9 Å². The van der Waals surface area contributed by atoms with E-state index in [0.29, 0.717) is 0 Å². The first-order valence-electron chi connectivity index (χ1n) is 8.38. The molecule has 1 saturated carbocycles. The Bertz CT molecular complexity index is 409. The minimum absolute atomic E-state index is 0. The SMILES string of the molecule is CC(C)[C@H](N)C(=O)NCC(=O)N1CCSC2(CCCCC2)C1.Cl. The zero-order chi connectivity index (χ0) is 16.2. The van der Waals surface area contributed by atoms with Crippen LogP contribution in [0.5, 0.6) is 0 Å². The number of nitrogens with two attached hydrogens (primary N) is 1. The summed E-state index contributed by atoms with van der Waals surface area (Å²) in [7, 11) is 0. The second kappa shape index (κ2) is 9.14. The lowest BCUT2D eigenvalue weighted by Gasteiger charge is -2.44. The molecule has 1 saturated heterocycles. The molecule has 2 aliphatic rings. The standard InChI is InChI=1S/C16H29N3O2S.ClH/c1-12(2)14(17)15(21)18-10-13(20)19-8-9-22-16(11-19)6-4-3-5-7-16;/h12,14H,3-11,17H2,1-2H3,(H,18,21);1H/t14-;/m0./s1. The molecule has 0 bridgehead atoms. The highest BCUT2D eigenvalue weighted by Crippen LogP contribution is 2.42. The first-order chi connectivity index (χ1) is 10.4. The quantitative estimate of drug-likeness (QED) is 0.798. The van der Waals surface area contributed by atoms with E-state index in [2.05, 4.69) is 5.32 Å². The molecule has 5 nitrogen and oxygen atoms in total. The average Bonchev–Trinajstić information content (AvgIpc) is 2.52. The summed E-state index contributed by atoms with van der Waals surface area (Å²) >= 11 is 2.04. The van der Waals surface area contributed by atoms with Gasteiger partial charge < -0.3 is 16.0 Å². The van der Waals surface area contributed by atoms with Crippen LogP contribution >= 0.6 is 24.2 Å². The van der Waals surface area contributed by atoms with E-state index in [1.165, 1.54) is 32.1 Å². The molecule has 2 fully saturated rings. The molecule has 23 heavy (non-hydrogen) atoms. The van der Waals surface area contributed by atoms with Gasteiger partial charge in [0.1, 0.15) is 0 Å². The van der Waals surface area contributed by atoms with Crippen LogP contribution in [0.1, 0.15) is 46.0 Å². The number of hydrogen-bond donors (Lipinski definition) is 2. The van der Waals surface area contributed by atoms with Gasteiger partial charge in [0.2, 0.25) is 11.8 Å². The van der Waals surface area contributed by atoms with E-state index < -0.39 is 6.04 Å². The maximum atomic E-state index is 12.4. The summed E-state index contributed by atoms with van der Waals surface area (Å²) in [5.74, 6) is 0.870. The highest BCUT2D eigenvalue weighted by atomic mass is 35.5. The summed E-state index contributed by atoms with van der Waals surface area (Å²) in [6, 6.07) is -0.547. The van der Waals surface area contributed by atoms with Crippen molar-refractivity contribution in [1.82, 2.24) is 10.2 Å².